The molecule has 1 amide bonds. The molecular weight excluding hydrogens is 172 g/mol. The Labute approximate surface area is 77.5 Å². The summed E-state index contributed by atoms with van der Waals surface area (Å²) in [5.41, 5.74) is -1.22. The molecule has 1 unspecified atom stereocenters. The highest BCUT2D eigenvalue weighted by Crippen LogP contribution is 2.01. The first-order valence-corrected chi connectivity index (χ1v) is 4.04. The van der Waals surface area contributed by atoms with Gasteiger partial charge in [-0.1, -0.05) is 0 Å². The summed E-state index contributed by atoms with van der Waals surface area (Å²) in [7, 11) is 1.64. The monoisotopic (exact) mass is 188 g/mol. The molecular formula is C8H16N2O3. The Morgan fingerprint density at radius 1 is 1.38 bits per heavy atom. The molecule has 0 saturated heterocycles. The Morgan fingerprint density at radius 3 is 2.15 bits per heavy atom. The van der Waals surface area contributed by atoms with Crippen LogP contribution in [0.5, 0.6) is 0 Å². The van der Waals surface area contributed by atoms with Crippen LogP contribution in [-0.2, 0) is 9.59 Å². The van der Waals surface area contributed by atoms with E-state index in [-0.39, 0.29) is 5.91 Å². The zero-order valence-corrected chi connectivity index (χ0v) is 8.34. The molecule has 0 rings (SSSR count). The average molecular weight is 188 g/mol. The fourth-order valence-electron chi connectivity index (χ4n) is 0.601. The van der Waals surface area contributed by atoms with E-state index >= 15 is 0 Å². The van der Waals surface area contributed by atoms with Crippen molar-refractivity contribution in [1.29, 1.82) is 0 Å². The highest BCUT2D eigenvalue weighted by atomic mass is 16.4. The first kappa shape index (κ1) is 11.9. The number of amides is 1. The molecule has 5 heteroatoms. The molecule has 0 heterocycles. The maximum absolute atomic E-state index is 11.3. The van der Waals surface area contributed by atoms with E-state index in [0.29, 0.717) is 0 Å². The lowest BCUT2D eigenvalue weighted by atomic mass is 10.1. The molecule has 0 aliphatic carbocycles. The third-order valence-corrected chi connectivity index (χ3v) is 1.80. The molecule has 3 N–H and O–H groups in total. The molecule has 0 aliphatic rings. The van der Waals surface area contributed by atoms with E-state index in [0.717, 1.165) is 0 Å². The van der Waals surface area contributed by atoms with Gasteiger partial charge in [0.1, 0.15) is 5.54 Å². The smallest absolute Gasteiger partial charge is 0.328 e. The van der Waals surface area contributed by atoms with E-state index in [1.54, 1.807) is 14.0 Å². The summed E-state index contributed by atoms with van der Waals surface area (Å²) in [6.07, 6.45) is 0. The minimum Gasteiger partial charge on any atom is -0.480 e. The molecule has 0 radical (unpaired) electrons. The van der Waals surface area contributed by atoms with E-state index in [1.165, 1.54) is 13.8 Å². The topological polar surface area (TPSA) is 78.4 Å². The summed E-state index contributed by atoms with van der Waals surface area (Å²) in [5.74, 6) is -1.38. The minimum absolute atomic E-state index is 0.324. The zero-order chi connectivity index (χ0) is 10.6. The average Bonchev–Trinajstić information content (AvgIpc) is 2.01. The molecule has 76 valence electrons. The van der Waals surface area contributed by atoms with Gasteiger partial charge in [0, 0.05) is 0 Å². The fraction of sp³-hybridized carbons (Fsp3) is 0.750. The number of rotatable bonds is 4. The van der Waals surface area contributed by atoms with Crippen LogP contribution in [0, 0.1) is 0 Å². The Bertz CT molecular complexity index is 213. The van der Waals surface area contributed by atoms with Crippen molar-refractivity contribution in [1.82, 2.24) is 10.6 Å². The van der Waals surface area contributed by atoms with Crippen molar-refractivity contribution in [2.24, 2.45) is 0 Å². The van der Waals surface area contributed by atoms with Gasteiger partial charge in [0.25, 0.3) is 0 Å². The van der Waals surface area contributed by atoms with Gasteiger partial charge < -0.3 is 15.7 Å². The molecule has 0 saturated carbocycles. The number of carbonyl (C=O) groups excluding carboxylic acids is 1. The van der Waals surface area contributed by atoms with E-state index < -0.39 is 17.6 Å². The number of carbonyl (C=O) groups is 2. The predicted octanol–water partition coefficient (Wildman–Crippen LogP) is -0.426. The Hall–Kier alpha value is -1.10. The van der Waals surface area contributed by atoms with Crippen molar-refractivity contribution < 1.29 is 14.7 Å². The van der Waals surface area contributed by atoms with Gasteiger partial charge in [0.2, 0.25) is 5.91 Å². The lowest BCUT2D eigenvalue weighted by molar-refractivity contribution is -0.146. The van der Waals surface area contributed by atoms with Crippen molar-refractivity contribution in [2.45, 2.75) is 32.4 Å². The first-order valence-electron chi connectivity index (χ1n) is 4.04. The van der Waals surface area contributed by atoms with Gasteiger partial charge in [-0.3, -0.25) is 4.79 Å². The molecule has 0 aromatic rings. The van der Waals surface area contributed by atoms with Crippen LogP contribution in [0.2, 0.25) is 0 Å². The van der Waals surface area contributed by atoms with Crippen molar-refractivity contribution in [3.63, 3.8) is 0 Å². The Kier molecular flexibility index (Phi) is 3.87. The van der Waals surface area contributed by atoms with Crippen LogP contribution in [0.4, 0.5) is 0 Å². The second-order valence-corrected chi connectivity index (χ2v) is 3.43. The van der Waals surface area contributed by atoms with Crippen LogP contribution < -0.4 is 10.6 Å². The normalized spacial score (nSPS) is 13.5. The van der Waals surface area contributed by atoms with Gasteiger partial charge in [0.15, 0.2) is 0 Å². The van der Waals surface area contributed by atoms with Crippen LogP contribution in [0.15, 0.2) is 0 Å². The maximum Gasteiger partial charge on any atom is 0.328 e. The Balaban J connectivity index is 4.28. The summed E-state index contributed by atoms with van der Waals surface area (Å²) < 4.78 is 0. The van der Waals surface area contributed by atoms with Crippen LogP contribution in [0.1, 0.15) is 20.8 Å². The molecule has 0 bridgehead atoms. The quantitative estimate of drug-likeness (QED) is 0.559. The minimum atomic E-state index is -1.22. The van der Waals surface area contributed by atoms with E-state index in [1.807, 2.05) is 0 Å². The highest BCUT2D eigenvalue weighted by Gasteiger charge is 2.30. The largest absolute Gasteiger partial charge is 0.480 e. The number of carboxylic acid groups (broad SMARTS) is 1. The van der Waals surface area contributed by atoms with Crippen molar-refractivity contribution in [2.75, 3.05) is 7.05 Å². The number of likely N-dealkylation sites (N-methyl/N-ethyl adjacent to an activating group) is 1. The summed E-state index contributed by atoms with van der Waals surface area (Å²) in [6.45, 7) is 4.54. The summed E-state index contributed by atoms with van der Waals surface area (Å²) >= 11 is 0. The van der Waals surface area contributed by atoms with Gasteiger partial charge in [-0.15, -0.1) is 0 Å². The van der Waals surface area contributed by atoms with Gasteiger partial charge in [-0.25, -0.2) is 4.79 Å². The van der Waals surface area contributed by atoms with Gasteiger partial charge >= 0.3 is 5.97 Å². The number of aliphatic carboxylic acids is 1. The molecule has 0 fully saturated rings. The molecule has 0 aliphatic heterocycles. The second-order valence-electron chi connectivity index (χ2n) is 3.43. The third-order valence-electron chi connectivity index (χ3n) is 1.80. The van der Waals surface area contributed by atoms with Crippen molar-refractivity contribution in [3.8, 4) is 0 Å². The van der Waals surface area contributed by atoms with Crippen LogP contribution in [0.25, 0.3) is 0 Å². The number of nitrogens with one attached hydrogen (secondary N) is 2. The molecule has 0 aromatic carbocycles. The van der Waals surface area contributed by atoms with Crippen LogP contribution in [0.3, 0.4) is 0 Å². The molecule has 13 heavy (non-hydrogen) atoms. The number of hydrogen-bond donors (Lipinski definition) is 3. The number of carboxylic acids is 1. The molecule has 0 spiro atoms. The number of hydrogen-bond acceptors (Lipinski definition) is 3. The van der Waals surface area contributed by atoms with Crippen LogP contribution in [-0.4, -0.2) is 35.6 Å². The van der Waals surface area contributed by atoms with Gasteiger partial charge in [0.05, 0.1) is 6.04 Å². The maximum atomic E-state index is 11.3. The standard InChI is InChI=1S/C8H16N2O3/c1-5(9-4)6(11)10-8(2,3)7(12)13/h5,9H,1-4H3,(H,10,11)(H,12,13). The lowest BCUT2D eigenvalue weighted by Gasteiger charge is -2.23. The fourth-order valence-corrected chi connectivity index (χ4v) is 0.601. The van der Waals surface area contributed by atoms with Gasteiger partial charge in [-0.2, -0.15) is 0 Å². The van der Waals surface area contributed by atoms with Crippen molar-refractivity contribution in [3.05, 3.63) is 0 Å². The highest BCUT2D eigenvalue weighted by molar-refractivity contribution is 5.88. The SMILES string of the molecule is CNC(C)C(=O)NC(C)(C)C(=O)O. The molecule has 5 nitrogen and oxygen atoms in total. The Morgan fingerprint density at radius 2 is 1.85 bits per heavy atom. The van der Waals surface area contributed by atoms with E-state index in [2.05, 4.69) is 10.6 Å². The van der Waals surface area contributed by atoms with E-state index in [9.17, 15) is 9.59 Å². The summed E-state index contributed by atoms with van der Waals surface area (Å²) in [6, 6.07) is -0.390. The van der Waals surface area contributed by atoms with Gasteiger partial charge in [-0.05, 0) is 27.8 Å². The van der Waals surface area contributed by atoms with Crippen molar-refractivity contribution >= 4 is 11.9 Å². The first-order chi connectivity index (χ1) is 5.81. The molecule has 1 atom stereocenters. The van der Waals surface area contributed by atoms with Crippen LogP contribution >= 0.6 is 0 Å². The van der Waals surface area contributed by atoms with E-state index in [4.69, 9.17) is 5.11 Å². The summed E-state index contributed by atoms with van der Waals surface area (Å²) in [5, 5.41) is 13.8. The third kappa shape index (κ3) is 3.42. The summed E-state index contributed by atoms with van der Waals surface area (Å²) in [4.78, 5) is 21.9. The zero-order valence-electron chi connectivity index (χ0n) is 8.34. The molecule has 0 aromatic heterocycles. The second kappa shape index (κ2) is 4.23. The predicted molar refractivity (Wildman–Crippen MR) is 48.4 cm³/mol. The lowest BCUT2D eigenvalue weighted by Crippen LogP contribution is -2.54.